The maximum absolute atomic E-state index is 13.0. The van der Waals surface area contributed by atoms with Crippen LogP contribution in [0.15, 0.2) is 16.9 Å². The summed E-state index contributed by atoms with van der Waals surface area (Å²) in [6, 6.07) is 4.04. The first-order valence-corrected chi connectivity index (χ1v) is 10.1. The lowest BCUT2D eigenvalue weighted by Crippen LogP contribution is -2.47. The lowest BCUT2D eigenvalue weighted by molar-refractivity contribution is 0.0720. The van der Waals surface area contributed by atoms with Crippen molar-refractivity contribution in [2.45, 2.75) is 37.8 Å². The van der Waals surface area contributed by atoms with Crippen molar-refractivity contribution in [2.24, 2.45) is 5.92 Å². The molecular formula is C18H26ClN3O2S. The number of nitrogens with one attached hydrogen (secondary N) is 1. The molecule has 3 aliphatic rings. The second kappa shape index (κ2) is 7.72. The largest absolute Gasteiger partial charge is 0.338 e. The van der Waals surface area contributed by atoms with Crippen LogP contribution in [0.5, 0.6) is 0 Å². The molecule has 2 atom stereocenters. The fourth-order valence-corrected chi connectivity index (χ4v) is 5.46. The van der Waals surface area contributed by atoms with Gasteiger partial charge in [-0.25, -0.2) is 0 Å². The fraction of sp³-hybridized carbons (Fsp3) is 0.667. The summed E-state index contributed by atoms with van der Waals surface area (Å²) < 4.78 is 1.87. The van der Waals surface area contributed by atoms with Crippen molar-refractivity contribution in [3.05, 3.63) is 33.7 Å². The molecule has 0 saturated carbocycles. The van der Waals surface area contributed by atoms with Crippen LogP contribution < -0.4 is 10.9 Å². The number of hydrogen-bond donors (Lipinski definition) is 1. The van der Waals surface area contributed by atoms with Crippen LogP contribution in [-0.4, -0.2) is 53.1 Å². The average Bonchev–Trinajstić information content (AvgIpc) is 2.62. The van der Waals surface area contributed by atoms with Gasteiger partial charge < -0.3 is 14.8 Å². The first-order chi connectivity index (χ1) is 11.6. The van der Waals surface area contributed by atoms with Crippen LogP contribution in [0.4, 0.5) is 0 Å². The summed E-state index contributed by atoms with van der Waals surface area (Å²) in [5, 5.41) is 3.45. The van der Waals surface area contributed by atoms with Crippen LogP contribution in [0.25, 0.3) is 0 Å². The zero-order valence-electron chi connectivity index (χ0n) is 14.6. The van der Waals surface area contributed by atoms with Crippen molar-refractivity contribution < 1.29 is 4.79 Å². The van der Waals surface area contributed by atoms with Crippen molar-refractivity contribution >= 4 is 30.1 Å². The van der Waals surface area contributed by atoms with Crippen LogP contribution in [-0.2, 0) is 6.54 Å². The first-order valence-electron chi connectivity index (χ1n) is 8.94. The Morgan fingerprint density at radius 3 is 2.80 bits per heavy atom. The number of carbonyl (C=O) groups excluding carboxylic acids is 1. The second-order valence-corrected chi connectivity index (χ2v) is 8.53. The number of pyridine rings is 1. The number of nitrogens with zero attached hydrogens (tertiary/aromatic N) is 2. The van der Waals surface area contributed by atoms with Crippen molar-refractivity contribution in [1.82, 2.24) is 14.8 Å². The summed E-state index contributed by atoms with van der Waals surface area (Å²) in [6.07, 6.45) is 3.20. The maximum atomic E-state index is 13.0. The minimum Gasteiger partial charge on any atom is -0.338 e. The lowest BCUT2D eigenvalue weighted by Gasteiger charge is -2.37. The number of hydrogen-bond acceptors (Lipinski definition) is 4. The van der Waals surface area contributed by atoms with E-state index in [4.69, 9.17) is 0 Å². The molecule has 7 heteroatoms. The lowest BCUT2D eigenvalue weighted by atomic mass is 9.84. The molecule has 2 bridgehead atoms. The third kappa shape index (κ3) is 3.49. The van der Waals surface area contributed by atoms with E-state index in [1.807, 2.05) is 29.4 Å². The number of fused-ring (bicyclic) bond motifs is 4. The molecule has 5 nitrogen and oxygen atoms in total. The normalized spacial score (nSPS) is 25.6. The van der Waals surface area contributed by atoms with E-state index in [1.165, 1.54) is 0 Å². The summed E-state index contributed by atoms with van der Waals surface area (Å²) >= 11 is 1.94. The Bertz CT molecular complexity index is 702. The second-order valence-electron chi connectivity index (χ2n) is 7.30. The summed E-state index contributed by atoms with van der Waals surface area (Å²) in [7, 11) is 1.85. The predicted molar refractivity (Wildman–Crippen MR) is 104 cm³/mol. The number of halogens is 1. The summed E-state index contributed by atoms with van der Waals surface area (Å²) in [4.78, 5) is 27.7. The molecule has 1 N–H and O–H groups in total. The van der Waals surface area contributed by atoms with Crippen LogP contribution in [0, 0.1) is 5.92 Å². The minimum atomic E-state index is -0.110. The summed E-state index contributed by atoms with van der Waals surface area (Å²) in [5.74, 6) is 3.00. The van der Waals surface area contributed by atoms with Crippen LogP contribution in [0.1, 0.15) is 41.2 Å². The highest BCUT2D eigenvalue weighted by atomic mass is 35.5. The summed E-state index contributed by atoms with van der Waals surface area (Å²) in [5.41, 5.74) is 1.34. The molecule has 4 heterocycles. The monoisotopic (exact) mass is 383 g/mol. The van der Waals surface area contributed by atoms with Gasteiger partial charge in [0.1, 0.15) is 5.56 Å². The fourth-order valence-electron chi connectivity index (χ4n) is 4.38. The van der Waals surface area contributed by atoms with Gasteiger partial charge in [0.15, 0.2) is 0 Å². The van der Waals surface area contributed by atoms with E-state index in [-0.39, 0.29) is 29.9 Å². The molecule has 0 spiro atoms. The molecule has 1 amide bonds. The van der Waals surface area contributed by atoms with Gasteiger partial charge in [0.25, 0.3) is 11.5 Å². The predicted octanol–water partition coefficient (Wildman–Crippen LogP) is 1.94. The van der Waals surface area contributed by atoms with Crippen LogP contribution in [0.2, 0.25) is 0 Å². The first kappa shape index (κ1) is 18.8. The molecule has 1 aromatic heterocycles. The van der Waals surface area contributed by atoms with Gasteiger partial charge in [0.2, 0.25) is 0 Å². The minimum absolute atomic E-state index is 0. The van der Waals surface area contributed by atoms with Crippen molar-refractivity contribution in [3.63, 3.8) is 0 Å². The van der Waals surface area contributed by atoms with Gasteiger partial charge >= 0.3 is 0 Å². The van der Waals surface area contributed by atoms with Crippen LogP contribution >= 0.6 is 24.2 Å². The Balaban J connectivity index is 0.00000182. The molecule has 0 aromatic carbocycles. The number of thioether (sulfide) groups is 1. The number of aromatic nitrogens is 1. The molecular weight excluding hydrogens is 358 g/mol. The highest BCUT2D eigenvalue weighted by Gasteiger charge is 2.33. The van der Waals surface area contributed by atoms with E-state index in [1.54, 1.807) is 11.0 Å². The third-order valence-corrected chi connectivity index (χ3v) is 6.85. The van der Waals surface area contributed by atoms with Gasteiger partial charge in [-0.1, -0.05) is 0 Å². The Hall–Kier alpha value is -0.980. The van der Waals surface area contributed by atoms with E-state index in [2.05, 4.69) is 5.32 Å². The molecule has 1 aromatic rings. The maximum Gasteiger partial charge on any atom is 0.263 e. The van der Waals surface area contributed by atoms with E-state index < -0.39 is 0 Å². The smallest absolute Gasteiger partial charge is 0.263 e. The van der Waals surface area contributed by atoms with Gasteiger partial charge in [0, 0.05) is 37.8 Å². The number of piperidine rings is 1. The van der Waals surface area contributed by atoms with E-state index in [0.717, 1.165) is 56.1 Å². The molecule has 2 saturated heterocycles. The van der Waals surface area contributed by atoms with E-state index in [0.29, 0.717) is 17.4 Å². The highest BCUT2D eigenvalue weighted by molar-refractivity contribution is 7.99. The molecule has 2 fully saturated rings. The van der Waals surface area contributed by atoms with Crippen molar-refractivity contribution in [3.8, 4) is 0 Å². The van der Waals surface area contributed by atoms with Gasteiger partial charge in [0.05, 0.1) is 0 Å². The third-order valence-electron chi connectivity index (χ3n) is 5.80. The molecule has 0 aliphatic carbocycles. The van der Waals surface area contributed by atoms with Gasteiger partial charge in [-0.2, -0.15) is 11.8 Å². The average molecular weight is 384 g/mol. The topological polar surface area (TPSA) is 54.3 Å². The van der Waals surface area contributed by atoms with Gasteiger partial charge in [-0.3, -0.25) is 9.59 Å². The Labute approximate surface area is 158 Å². The Morgan fingerprint density at radius 1 is 1.28 bits per heavy atom. The molecule has 25 heavy (non-hydrogen) atoms. The molecule has 138 valence electrons. The number of rotatable bonds is 2. The standard InChI is InChI=1S/C18H25N3O2S.ClH/c1-20(14-4-6-24-7-5-14)17(22)15-2-3-16-13-8-12(9-19-10-13)11-21(16)18(15)23;/h2-3,12-14,19H,4-11H2,1H3;1H/t12-,13+;/m0./s1. The van der Waals surface area contributed by atoms with Crippen molar-refractivity contribution in [2.75, 3.05) is 31.6 Å². The zero-order valence-corrected chi connectivity index (χ0v) is 16.2. The number of carbonyl (C=O) groups is 1. The van der Waals surface area contributed by atoms with Crippen molar-refractivity contribution in [1.29, 1.82) is 0 Å². The molecule has 3 aliphatic heterocycles. The van der Waals surface area contributed by atoms with Gasteiger partial charge in [-0.05, 0) is 55.4 Å². The van der Waals surface area contributed by atoms with E-state index >= 15 is 0 Å². The van der Waals surface area contributed by atoms with Crippen LogP contribution in [0.3, 0.4) is 0 Å². The zero-order chi connectivity index (χ0) is 16.7. The molecule has 0 radical (unpaired) electrons. The number of amides is 1. The summed E-state index contributed by atoms with van der Waals surface area (Å²) in [6.45, 7) is 2.64. The SMILES string of the molecule is CN(C(=O)c1ccc2n(c1=O)C[C@@H]1CNC[C@H]2C1)C1CCSCC1.Cl. The Morgan fingerprint density at radius 2 is 2.04 bits per heavy atom. The Kier molecular flexibility index (Phi) is 5.81. The molecule has 4 rings (SSSR count). The van der Waals surface area contributed by atoms with Gasteiger partial charge in [-0.15, -0.1) is 12.4 Å². The highest BCUT2D eigenvalue weighted by Crippen LogP contribution is 2.32. The molecule has 0 unspecified atom stereocenters. The van der Waals surface area contributed by atoms with E-state index in [9.17, 15) is 9.59 Å². The quantitative estimate of drug-likeness (QED) is 0.848.